The molecule has 1 aliphatic heterocycles. The van der Waals surface area contributed by atoms with Crippen LogP contribution in [0, 0.1) is 5.92 Å². The van der Waals surface area contributed by atoms with E-state index in [1.807, 2.05) is 18.2 Å². The van der Waals surface area contributed by atoms with Crippen molar-refractivity contribution in [3.63, 3.8) is 0 Å². The number of benzene rings is 1. The summed E-state index contributed by atoms with van der Waals surface area (Å²) in [5.41, 5.74) is 3.73. The molecule has 1 fully saturated rings. The van der Waals surface area contributed by atoms with Crippen molar-refractivity contribution in [1.29, 1.82) is 0 Å². The van der Waals surface area contributed by atoms with Crippen LogP contribution in [0.2, 0.25) is 0 Å². The van der Waals surface area contributed by atoms with Gasteiger partial charge in [-0.05, 0) is 41.9 Å². The fraction of sp³-hybridized carbons (Fsp3) is 0.579. The molecule has 0 atom stereocenters. The fourth-order valence-electron chi connectivity index (χ4n) is 2.50. The Kier molecular flexibility index (Phi) is 9.30. The first-order valence-corrected chi connectivity index (χ1v) is 9.67. The average molecular weight is 395 g/mol. The Labute approximate surface area is 167 Å². The number of nitrogens with one attached hydrogen (secondary N) is 2. The zero-order valence-electron chi connectivity index (χ0n) is 16.4. The Bertz CT molecular complexity index is 619. The van der Waals surface area contributed by atoms with Gasteiger partial charge in [-0.2, -0.15) is 5.10 Å². The Morgan fingerprint density at radius 2 is 2.11 bits per heavy atom. The Morgan fingerprint density at radius 1 is 1.33 bits per heavy atom. The Balaban J connectivity index is 1.74. The number of methoxy groups -OCH3 is 1. The van der Waals surface area contributed by atoms with E-state index in [2.05, 4.69) is 34.6 Å². The van der Waals surface area contributed by atoms with E-state index >= 15 is 0 Å². The lowest BCUT2D eigenvalue weighted by molar-refractivity contribution is 0.0389. The van der Waals surface area contributed by atoms with Gasteiger partial charge in [-0.25, -0.2) is 0 Å². The van der Waals surface area contributed by atoms with Crippen LogP contribution in [0.25, 0.3) is 0 Å². The van der Waals surface area contributed by atoms with E-state index in [0.717, 1.165) is 50.7 Å². The van der Waals surface area contributed by atoms with Gasteiger partial charge in [0.25, 0.3) is 0 Å². The van der Waals surface area contributed by atoms with Crippen molar-refractivity contribution in [2.45, 2.75) is 13.8 Å². The number of morpholine rings is 1. The van der Waals surface area contributed by atoms with Crippen LogP contribution in [0.15, 0.2) is 23.3 Å². The summed E-state index contributed by atoms with van der Waals surface area (Å²) in [5.74, 6) is 1.87. The van der Waals surface area contributed by atoms with Gasteiger partial charge in [-0.3, -0.25) is 10.3 Å². The SMILES string of the molecule is COc1cc(/C=N\NC(=S)NCCN2CCOCC2)ccc1OCC(C)C. The van der Waals surface area contributed by atoms with Crippen molar-refractivity contribution in [2.24, 2.45) is 11.0 Å². The molecule has 8 heteroatoms. The van der Waals surface area contributed by atoms with Crippen LogP contribution in [0.5, 0.6) is 11.5 Å². The maximum absolute atomic E-state index is 5.75. The largest absolute Gasteiger partial charge is 0.493 e. The average Bonchev–Trinajstić information content (AvgIpc) is 2.67. The second kappa shape index (κ2) is 11.7. The van der Waals surface area contributed by atoms with Crippen LogP contribution < -0.4 is 20.2 Å². The number of ether oxygens (including phenoxy) is 3. The van der Waals surface area contributed by atoms with Gasteiger partial charge in [-0.15, -0.1) is 0 Å². The van der Waals surface area contributed by atoms with E-state index in [9.17, 15) is 0 Å². The van der Waals surface area contributed by atoms with Gasteiger partial charge in [0.15, 0.2) is 16.6 Å². The molecular formula is C19H30N4O3S. The maximum Gasteiger partial charge on any atom is 0.187 e. The van der Waals surface area contributed by atoms with Crippen LogP contribution >= 0.6 is 12.2 Å². The van der Waals surface area contributed by atoms with Gasteiger partial charge >= 0.3 is 0 Å². The van der Waals surface area contributed by atoms with Crippen molar-refractivity contribution >= 4 is 23.5 Å². The van der Waals surface area contributed by atoms with E-state index in [4.69, 9.17) is 26.4 Å². The molecular weight excluding hydrogens is 364 g/mol. The van der Waals surface area contributed by atoms with Gasteiger partial charge < -0.3 is 19.5 Å². The molecule has 0 aliphatic carbocycles. The minimum atomic E-state index is 0.455. The summed E-state index contributed by atoms with van der Waals surface area (Å²) in [6, 6.07) is 5.70. The molecule has 27 heavy (non-hydrogen) atoms. The van der Waals surface area contributed by atoms with E-state index < -0.39 is 0 Å². The van der Waals surface area contributed by atoms with E-state index in [1.54, 1.807) is 13.3 Å². The molecule has 0 amide bonds. The standard InChI is InChI=1S/C19H30N4O3S/c1-15(2)14-26-17-5-4-16(12-18(17)24-3)13-21-22-19(27)20-6-7-23-8-10-25-11-9-23/h4-5,12-13,15H,6-11,14H2,1-3H3,(H2,20,22,27)/b21-13-. The predicted octanol–water partition coefficient (Wildman–Crippen LogP) is 1.86. The minimum Gasteiger partial charge on any atom is -0.493 e. The smallest absolute Gasteiger partial charge is 0.187 e. The first-order chi connectivity index (χ1) is 13.1. The third-order valence-electron chi connectivity index (χ3n) is 3.96. The molecule has 1 aliphatic rings. The molecule has 7 nitrogen and oxygen atoms in total. The fourth-order valence-corrected chi connectivity index (χ4v) is 2.65. The lowest BCUT2D eigenvalue weighted by atomic mass is 10.2. The topological polar surface area (TPSA) is 67.4 Å². The quantitative estimate of drug-likeness (QED) is 0.376. The first kappa shape index (κ1) is 21.4. The number of hydrogen-bond donors (Lipinski definition) is 2. The summed E-state index contributed by atoms with van der Waals surface area (Å²) in [7, 11) is 1.63. The summed E-state index contributed by atoms with van der Waals surface area (Å²) < 4.78 is 16.5. The van der Waals surface area contributed by atoms with Gasteiger partial charge in [0.2, 0.25) is 0 Å². The first-order valence-electron chi connectivity index (χ1n) is 9.26. The highest BCUT2D eigenvalue weighted by molar-refractivity contribution is 7.80. The second-order valence-electron chi connectivity index (χ2n) is 6.70. The molecule has 1 aromatic rings. The number of thiocarbonyl (C=S) groups is 1. The lowest BCUT2D eigenvalue weighted by Gasteiger charge is -2.26. The highest BCUT2D eigenvalue weighted by atomic mass is 32.1. The Morgan fingerprint density at radius 3 is 2.81 bits per heavy atom. The maximum atomic E-state index is 5.75. The predicted molar refractivity (Wildman–Crippen MR) is 112 cm³/mol. The van der Waals surface area contributed by atoms with Gasteiger partial charge in [-0.1, -0.05) is 13.8 Å². The molecule has 2 N–H and O–H groups in total. The summed E-state index contributed by atoms with van der Waals surface area (Å²) in [4.78, 5) is 2.34. The number of hydrogen-bond acceptors (Lipinski definition) is 6. The molecule has 1 aromatic carbocycles. The summed E-state index contributed by atoms with van der Waals surface area (Å²) in [6.07, 6.45) is 1.70. The van der Waals surface area contributed by atoms with Crippen molar-refractivity contribution in [3.8, 4) is 11.5 Å². The second-order valence-corrected chi connectivity index (χ2v) is 7.10. The van der Waals surface area contributed by atoms with Crippen molar-refractivity contribution in [2.75, 3.05) is 53.1 Å². The third-order valence-corrected chi connectivity index (χ3v) is 4.19. The molecule has 0 bridgehead atoms. The van der Waals surface area contributed by atoms with E-state index in [1.165, 1.54) is 0 Å². The van der Waals surface area contributed by atoms with Crippen LogP contribution in [-0.4, -0.2) is 69.3 Å². The van der Waals surface area contributed by atoms with Crippen LogP contribution in [0.4, 0.5) is 0 Å². The Hall–Kier alpha value is -1.90. The monoisotopic (exact) mass is 394 g/mol. The van der Waals surface area contributed by atoms with Crippen molar-refractivity contribution in [1.82, 2.24) is 15.6 Å². The number of rotatable bonds is 9. The zero-order chi connectivity index (χ0) is 19.5. The van der Waals surface area contributed by atoms with Crippen LogP contribution in [-0.2, 0) is 4.74 Å². The molecule has 0 saturated carbocycles. The van der Waals surface area contributed by atoms with Gasteiger partial charge in [0.1, 0.15) is 0 Å². The summed E-state index contributed by atoms with van der Waals surface area (Å²) >= 11 is 5.24. The highest BCUT2D eigenvalue weighted by Gasteiger charge is 2.09. The zero-order valence-corrected chi connectivity index (χ0v) is 17.2. The van der Waals surface area contributed by atoms with Crippen molar-refractivity contribution in [3.05, 3.63) is 23.8 Å². The van der Waals surface area contributed by atoms with E-state index in [-0.39, 0.29) is 0 Å². The van der Waals surface area contributed by atoms with Gasteiger partial charge in [0, 0.05) is 26.2 Å². The molecule has 0 unspecified atom stereocenters. The molecule has 1 heterocycles. The number of nitrogens with zero attached hydrogens (tertiary/aromatic N) is 2. The number of hydrazone groups is 1. The molecule has 0 radical (unpaired) electrons. The normalized spacial score (nSPS) is 15.1. The highest BCUT2D eigenvalue weighted by Crippen LogP contribution is 2.27. The molecule has 150 valence electrons. The molecule has 0 spiro atoms. The summed E-state index contributed by atoms with van der Waals surface area (Å²) in [6.45, 7) is 10.1. The molecule has 2 rings (SSSR count). The lowest BCUT2D eigenvalue weighted by Crippen LogP contribution is -2.42. The summed E-state index contributed by atoms with van der Waals surface area (Å²) in [5, 5.41) is 7.84. The van der Waals surface area contributed by atoms with Crippen LogP contribution in [0.1, 0.15) is 19.4 Å². The third kappa shape index (κ3) is 8.11. The van der Waals surface area contributed by atoms with E-state index in [0.29, 0.717) is 23.4 Å². The van der Waals surface area contributed by atoms with Gasteiger partial charge in [0.05, 0.1) is 33.1 Å². The molecule has 0 aromatic heterocycles. The minimum absolute atomic E-state index is 0.455. The molecule has 1 saturated heterocycles. The van der Waals surface area contributed by atoms with Crippen LogP contribution in [0.3, 0.4) is 0 Å². The van der Waals surface area contributed by atoms with Crippen molar-refractivity contribution < 1.29 is 14.2 Å².